The molecule has 2 N–H and O–H groups in total. The number of hydrogen-bond donors (Lipinski definition) is 1. The molecular formula is C13H18N2. The van der Waals surface area contributed by atoms with Crippen molar-refractivity contribution in [3.05, 3.63) is 30.0 Å². The molecule has 0 amide bonds. The minimum Gasteiger partial charge on any atom is -0.399 e. The molecule has 0 bridgehead atoms. The average Bonchev–Trinajstić information content (AvgIpc) is 2.54. The predicted molar refractivity (Wildman–Crippen MR) is 66.0 cm³/mol. The zero-order valence-corrected chi connectivity index (χ0v) is 9.46. The molecule has 0 spiro atoms. The number of hydrogen-bond acceptors (Lipinski definition) is 1. The molecule has 80 valence electrons. The highest BCUT2D eigenvalue weighted by Gasteiger charge is 2.06. The van der Waals surface area contributed by atoms with Gasteiger partial charge in [-0.1, -0.05) is 13.3 Å². The lowest BCUT2D eigenvalue weighted by atomic mass is 10.2. The Morgan fingerprint density at radius 3 is 2.67 bits per heavy atom. The largest absolute Gasteiger partial charge is 0.399 e. The van der Waals surface area contributed by atoms with E-state index in [1.165, 1.54) is 23.0 Å². The normalized spacial score (nSPS) is 11.1. The van der Waals surface area contributed by atoms with Crippen LogP contribution in [0, 0.1) is 0 Å². The van der Waals surface area contributed by atoms with Gasteiger partial charge in [-0.15, -0.1) is 0 Å². The van der Waals surface area contributed by atoms with Gasteiger partial charge in [0.15, 0.2) is 0 Å². The summed E-state index contributed by atoms with van der Waals surface area (Å²) in [5.41, 5.74) is 9.35. The topological polar surface area (TPSA) is 30.9 Å². The molecule has 2 rings (SSSR count). The molecular weight excluding hydrogens is 184 g/mol. The Morgan fingerprint density at radius 1 is 1.20 bits per heavy atom. The lowest BCUT2D eigenvalue weighted by Gasteiger charge is -2.06. The van der Waals surface area contributed by atoms with E-state index >= 15 is 0 Å². The van der Waals surface area contributed by atoms with Crippen LogP contribution in [-0.4, -0.2) is 4.57 Å². The molecule has 0 radical (unpaired) electrons. The van der Waals surface area contributed by atoms with Gasteiger partial charge in [0, 0.05) is 28.8 Å². The number of fused-ring (bicyclic) bond motifs is 1. The highest BCUT2D eigenvalue weighted by molar-refractivity contribution is 5.84. The Morgan fingerprint density at radius 2 is 2.00 bits per heavy atom. The molecule has 0 aliphatic carbocycles. The number of anilines is 1. The molecule has 1 heterocycles. The first-order valence-electron chi connectivity index (χ1n) is 5.64. The molecule has 15 heavy (non-hydrogen) atoms. The van der Waals surface area contributed by atoms with Crippen LogP contribution in [0.4, 0.5) is 5.69 Å². The standard InChI is InChI=1S/C13H18N2/c1-3-5-12-9-10-8-11(14)6-7-13(10)15(12)4-2/h6-9H,3-5,14H2,1-2H3. The van der Waals surface area contributed by atoms with Gasteiger partial charge in [-0.2, -0.15) is 0 Å². The maximum atomic E-state index is 5.79. The van der Waals surface area contributed by atoms with Gasteiger partial charge in [-0.05, 0) is 37.6 Å². The number of rotatable bonds is 3. The first kappa shape index (κ1) is 10.1. The summed E-state index contributed by atoms with van der Waals surface area (Å²) in [4.78, 5) is 0. The Balaban J connectivity index is 2.62. The second-order valence-electron chi connectivity index (χ2n) is 3.95. The number of nitrogens with two attached hydrogens (primary N) is 1. The van der Waals surface area contributed by atoms with Gasteiger partial charge in [0.1, 0.15) is 0 Å². The third-order valence-electron chi connectivity index (χ3n) is 2.83. The van der Waals surface area contributed by atoms with Crippen LogP contribution in [0.25, 0.3) is 10.9 Å². The van der Waals surface area contributed by atoms with Crippen molar-refractivity contribution in [2.45, 2.75) is 33.2 Å². The minimum atomic E-state index is 0.846. The van der Waals surface area contributed by atoms with E-state index < -0.39 is 0 Å². The number of nitrogen functional groups attached to an aromatic ring is 1. The molecule has 2 aromatic rings. The van der Waals surface area contributed by atoms with Crippen molar-refractivity contribution >= 4 is 16.6 Å². The summed E-state index contributed by atoms with van der Waals surface area (Å²) in [7, 11) is 0. The van der Waals surface area contributed by atoms with Crippen LogP contribution in [0.1, 0.15) is 26.0 Å². The third-order valence-corrected chi connectivity index (χ3v) is 2.83. The summed E-state index contributed by atoms with van der Waals surface area (Å²) in [5, 5.41) is 1.26. The third kappa shape index (κ3) is 1.72. The zero-order valence-electron chi connectivity index (χ0n) is 9.46. The van der Waals surface area contributed by atoms with Gasteiger partial charge in [0.25, 0.3) is 0 Å². The molecule has 0 saturated carbocycles. The van der Waals surface area contributed by atoms with Gasteiger partial charge in [0.2, 0.25) is 0 Å². The molecule has 2 heteroatoms. The molecule has 0 atom stereocenters. The Kier molecular flexibility index (Phi) is 2.67. The van der Waals surface area contributed by atoms with Crippen molar-refractivity contribution in [3.63, 3.8) is 0 Å². The summed E-state index contributed by atoms with van der Waals surface area (Å²) in [6, 6.07) is 8.41. The monoisotopic (exact) mass is 202 g/mol. The van der Waals surface area contributed by atoms with Crippen molar-refractivity contribution in [2.75, 3.05) is 5.73 Å². The lowest BCUT2D eigenvalue weighted by Crippen LogP contribution is -1.99. The van der Waals surface area contributed by atoms with Crippen molar-refractivity contribution in [3.8, 4) is 0 Å². The summed E-state index contributed by atoms with van der Waals surface area (Å²) in [6.07, 6.45) is 2.33. The SMILES string of the molecule is CCCc1cc2cc(N)ccc2n1CC. The summed E-state index contributed by atoms with van der Waals surface area (Å²) >= 11 is 0. The predicted octanol–water partition coefficient (Wildman–Crippen LogP) is 3.20. The van der Waals surface area contributed by atoms with Crippen LogP contribution < -0.4 is 5.73 Å². The maximum absolute atomic E-state index is 5.79. The first-order valence-corrected chi connectivity index (χ1v) is 5.64. The molecule has 0 aliphatic rings. The van der Waals surface area contributed by atoms with E-state index in [4.69, 9.17) is 5.73 Å². The summed E-state index contributed by atoms with van der Waals surface area (Å²) in [6.45, 7) is 5.43. The quantitative estimate of drug-likeness (QED) is 0.761. The van der Waals surface area contributed by atoms with Crippen LogP contribution in [0.5, 0.6) is 0 Å². The van der Waals surface area contributed by atoms with Gasteiger partial charge in [-0.25, -0.2) is 0 Å². The number of nitrogens with zero attached hydrogens (tertiary/aromatic N) is 1. The fourth-order valence-corrected chi connectivity index (χ4v) is 2.18. The Bertz CT molecular complexity index is 469. The van der Waals surface area contributed by atoms with Gasteiger partial charge in [-0.3, -0.25) is 0 Å². The smallest absolute Gasteiger partial charge is 0.0483 e. The highest BCUT2D eigenvalue weighted by atomic mass is 15.0. The van der Waals surface area contributed by atoms with E-state index in [1.54, 1.807) is 0 Å². The summed E-state index contributed by atoms with van der Waals surface area (Å²) in [5.74, 6) is 0. The van der Waals surface area contributed by atoms with Crippen molar-refractivity contribution < 1.29 is 0 Å². The Labute approximate surface area is 90.7 Å². The molecule has 0 unspecified atom stereocenters. The van der Waals surface area contributed by atoms with E-state index in [9.17, 15) is 0 Å². The molecule has 2 nitrogen and oxygen atoms in total. The molecule has 1 aromatic carbocycles. The van der Waals surface area contributed by atoms with Gasteiger partial charge >= 0.3 is 0 Å². The van der Waals surface area contributed by atoms with E-state index in [2.05, 4.69) is 36.6 Å². The van der Waals surface area contributed by atoms with Gasteiger partial charge in [0.05, 0.1) is 0 Å². The van der Waals surface area contributed by atoms with Gasteiger partial charge < -0.3 is 10.3 Å². The Hall–Kier alpha value is -1.44. The fourth-order valence-electron chi connectivity index (χ4n) is 2.18. The van der Waals surface area contributed by atoms with E-state index in [0.29, 0.717) is 0 Å². The van der Waals surface area contributed by atoms with Crippen molar-refractivity contribution in [1.82, 2.24) is 4.57 Å². The number of aromatic nitrogens is 1. The van der Waals surface area contributed by atoms with E-state index in [-0.39, 0.29) is 0 Å². The lowest BCUT2D eigenvalue weighted by molar-refractivity contribution is 0.722. The molecule has 0 fully saturated rings. The van der Waals surface area contributed by atoms with E-state index in [1.807, 2.05) is 6.07 Å². The van der Waals surface area contributed by atoms with Crippen LogP contribution >= 0.6 is 0 Å². The number of aryl methyl sites for hydroxylation is 2. The fraction of sp³-hybridized carbons (Fsp3) is 0.385. The van der Waals surface area contributed by atoms with Crippen LogP contribution in [-0.2, 0) is 13.0 Å². The van der Waals surface area contributed by atoms with Crippen molar-refractivity contribution in [1.29, 1.82) is 0 Å². The molecule has 0 aliphatic heterocycles. The second kappa shape index (κ2) is 3.97. The average molecular weight is 202 g/mol. The summed E-state index contributed by atoms with van der Waals surface area (Å²) < 4.78 is 2.37. The molecule has 0 saturated heterocycles. The zero-order chi connectivity index (χ0) is 10.8. The minimum absolute atomic E-state index is 0.846. The first-order chi connectivity index (χ1) is 7.26. The molecule has 1 aromatic heterocycles. The van der Waals surface area contributed by atoms with E-state index in [0.717, 1.165) is 18.7 Å². The van der Waals surface area contributed by atoms with Crippen LogP contribution in [0.2, 0.25) is 0 Å². The maximum Gasteiger partial charge on any atom is 0.0483 e. The second-order valence-corrected chi connectivity index (χ2v) is 3.95. The number of benzene rings is 1. The van der Waals surface area contributed by atoms with Crippen LogP contribution in [0.3, 0.4) is 0 Å². The van der Waals surface area contributed by atoms with Crippen molar-refractivity contribution in [2.24, 2.45) is 0 Å². The van der Waals surface area contributed by atoms with Crippen LogP contribution in [0.15, 0.2) is 24.3 Å². The highest BCUT2D eigenvalue weighted by Crippen LogP contribution is 2.23.